The van der Waals surface area contributed by atoms with Gasteiger partial charge < -0.3 is 10.2 Å². The fourth-order valence-electron chi connectivity index (χ4n) is 1.97. The molecule has 0 aliphatic carbocycles. The first-order valence-corrected chi connectivity index (χ1v) is 7.29. The molecule has 0 fully saturated rings. The van der Waals surface area contributed by atoms with Crippen LogP contribution in [-0.4, -0.2) is 27.9 Å². The smallest absolute Gasteiger partial charge is 0.320 e. The lowest BCUT2D eigenvalue weighted by molar-refractivity contribution is 0.209. The summed E-state index contributed by atoms with van der Waals surface area (Å²) in [5.74, 6) is -0.559. The van der Waals surface area contributed by atoms with Crippen molar-refractivity contribution >= 4 is 23.1 Å². The number of rotatable bonds is 3. The highest BCUT2D eigenvalue weighted by Crippen LogP contribution is 2.28. The number of hydrogen-bond donors (Lipinski definition) is 1. The van der Waals surface area contributed by atoms with Crippen LogP contribution in [0.25, 0.3) is 0 Å². The molecule has 21 heavy (non-hydrogen) atoms. The van der Waals surface area contributed by atoms with Crippen LogP contribution in [0.3, 0.4) is 0 Å². The zero-order chi connectivity index (χ0) is 15.6. The minimum atomic E-state index is -0.559. The van der Waals surface area contributed by atoms with Crippen LogP contribution in [0.1, 0.15) is 28.5 Å². The van der Waals surface area contributed by atoms with Crippen molar-refractivity contribution in [2.24, 2.45) is 0 Å². The lowest BCUT2D eigenvalue weighted by Crippen LogP contribution is -2.33. The normalized spacial score (nSPS) is 12.0. The van der Waals surface area contributed by atoms with Crippen molar-refractivity contribution in [2.75, 3.05) is 12.4 Å². The maximum Gasteiger partial charge on any atom is 0.322 e. The second-order valence-electron chi connectivity index (χ2n) is 4.76. The van der Waals surface area contributed by atoms with Crippen LogP contribution in [0.2, 0.25) is 0 Å². The first-order valence-electron chi connectivity index (χ1n) is 6.47. The minimum absolute atomic E-state index is 0.117. The predicted molar refractivity (Wildman–Crippen MR) is 81.0 cm³/mol. The van der Waals surface area contributed by atoms with Gasteiger partial charge in [0.1, 0.15) is 0 Å². The molecular formula is C14H17FN4OS. The summed E-state index contributed by atoms with van der Waals surface area (Å²) in [6.07, 6.45) is 2.49. The molecule has 1 N–H and O–H groups in total. The van der Waals surface area contributed by atoms with E-state index in [9.17, 15) is 9.18 Å². The molecular weight excluding hydrogens is 291 g/mol. The van der Waals surface area contributed by atoms with E-state index < -0.39 is 5.82 Å². The SMILES string of the molecule is Cc1nc(C)c([C@H](C)N(C)C(=O)Nc2ccncc2F)s1. The number of carbonyl (C=O) groups excluding carboxylic acids is 1. The van der Waals surface area contributed by atoms with Gasteiger partial charge in [-0.3, -0.25) is 4.98 Å². The molecule has 0 unspecified atom stereocenters. The van der Waals surface area contributed by atoms with Gasteiger partial charge in [-0.2, -0.15) is 0 Å². The maximum atomic E-state index is 13.5. The first kappa shape index (κ1) is 15.4. The number of hydrogen-bond acceptors (Lipinski definition) is 4. The standard InChI is InChI=1S/C14H17FN4OS/c1-8-13(21-10(3)17-8)9(2)19(4)14(20)18-12-5-6-16-7-11(12)15/h5-7,9H,1-4H3,(H,16,18,20)/t9-/m0/s1. The molecule has 1 atom stereocenters. The van der Waals surface area contributed by atoms with Gasteiger partial charge in [0, 0.05) is 18.1 Å². The molecule has 2 heterocycles. The van der Waals surface area contributed by atoms with E-state index in [2.05, 4.69) is 15.3 Å². The van der Waals surface area contributed by atoms with Crippen LogP contribution in [0, 0.1) is 19.7 Å². The zero-order valence-electron chi connectivity index (χ0n) is 12.3. The summed E-state index contributed by atoms with van der Waals surface area (Å²) in [5, 5.41) is 3.50. The summed E-state index contributed by atoms with van der Waals surface area (Å²) in [7, 11) is 1.67. The van der Waals surface area contributed by atoms with E-state index in [1.807, 2.05) is 20.8 Å². The zero-order valence-corrected chi connectivity index (χ0v) is 13.2. The molecule has 0 radical (unpaired) electrons. The van der Waals surface area contributed by atoms with Gasteiger partial charge >= 0.3 is 6.03 Å². The Balaban J connectivity index is 2.12. The Hall–Kier alpha value is -2.02. The van der Waals surface area contributed by atoms with Crippen molar-refractivity contribution in [3.05, 3.63) is 39.9 Å². The number of halogens is 1. The van der Waals surface area contributed by atoms with Gasteiger partial charge in [0.05, 0.1) is 28.6 Å². The molecule has 2 amide bonds. The Bertz CT molecular complexity index is 658. The van der Waals surface area contributed by atoms with Crippen LogP contribution < -0.4 is 5.32 Å². The Labute approximate surface area is 126 Å². The van der Waals surface area contributed by atoms with Gasteiger partial charge in [-0.15, -0.1) is 11.3 Å². The lowest BCUT2D eigenvalue weighted by Gasteiger charge is -2.24. The second kappa shape index (κ2) is 6.17. The highest BCUT2D eigenvalue weighted by Gasteiger charge is 2.22. The summed E-state index contributed by atoms with van der Waals surface area (Å²) >= 11 is 1.56. The number of nitrogens with one attached hydrogen (secondary N) is 1. The summed E-state index contributed by atoms with van der Waals surface area (Å²) in [5.41, 5.74) is 1.03. The molecule has 2 rings (SSSR count). The summed E-state index contributed by atoms with van der Waals surface area (Å²) < 4.78 is 13.5. The third-order valence-corrected chi connectivity index (χ3v) is 4.48. The Kier molecular flexibility index (Phi) is 4.52. The van der Waals surface area contributed by atoms with Crippen molar-refractivity contribution in [2.45, 2.75) is 26.8 Å². The topological polar surface area (TPSA) is 58.1 Å². The molecule has 0 aliphatic heterocycles. The first-order chi connectivity index (χ1) is 9.90. The Morgan fingerprint density at radius 3 is 2.76 bits per heavy atom. The van der Waals surface area contributed by atoms with Crippen molar-refractivity contribution in [3.63, 3.8) is 0 Å². The number of carbonyl (C=O) groups is 1. The largest absolute Gasteiger partial charge is 0.322 e. The molecule has 2 aromatic rings. The molecule has 0 aliphatic rings. The van der Waals surface area contributed by atoms with Gasteiger partial charge in [-0.05, 0) is 26.8 Å². The molecule has 0 bridgehead atoms. The average molecular weight is 308 g/mol. The highest BCUT2D eigenvalue weighted by molar-refractivity contribution is 7.11. The number of thiazole rings is 1. The molecule has 0 aromatic carbocycles. The highest BCUT2D eigenvalue weighted by atomic mass is 32.1. The van der Waals surface area contributed by atoms with Crippen molar-refractivity contribution < 1.29 is 9.18 Å². The molecule has 0 saturated heterocycles. The predicted octanol–water partition coefficient (Wildman–Crippen LogP) is 3.52. The quantitative estimate of drug-likeness (QED) is 0.944. The Morgan fingerprint density at radius 2 is 2.19 bits per heavy atom. The molecule has 0 saturated carbocycles. The molecule has 7 heteroatoms. The number of aromatic nitrogens is 2. The Morgan fingerprint density at radius 1 is 1.48 bits per heavy atom. The van der Waals surface area contributed by atoms with E-state index in [0.29, 0.717) is 0 Å². The van der Waals surface area contributed by atoms with Gasteiger partial charge in [0.15, 0.2) is 5.82 Å². The number of urea groups is 1. The molecule has 5 nitrogen and oxygen atoms in total. The third-order valence-electron chi connectivity index (χ3n) is 3.23. The monoisotopic (exact) mass is 308 g/mol. The fourth-order valence-corrected chi connectivity index (χ4v) is 2.99. The van der Waals surface area contributed by atoms with E-state index in [1.54, 1.807) is 18.4 Å². The number of pyridine rings is 1. The maximum absolute atomic E-state index is 13.5. The number of nitrogens with zero attached hydrogens (tertiary/aromatic N) is 3. The van der Waals surface area contributed by atoms with Crippen molar-refractivity contribution in [1.82, 2.24) is 14.9 Å². The summed E-state index contributed by atoms with van der Waals surface area (Å²) in [6.45, 7) is 5.77. The van der Waals surface area contributed by atoms with E-state index >= 15 is 0 Å². The van der Waals surface area contributed by atoms with Crippen LogP contribution in [-0.2, 0) is 0 Å². The van der Waals surface area contributed by atoms with Gasteiger partial charge in [0.2, 0.25) is 0 Å². The molecule has 2 aromatic heterocycles. The van der Waals surface area contributed by atoms with E-state index in [-0.39, 0.29) is 17.8 Å². The molecule has 112 valence electrons. The van der Waals surface area contributed by atoms with Crippen molar-refractivity contribution in [1.29, 1.82) is 0 Å². The lowest BCUT2D eigenvalue weighted by atomic mass is 10.2. The van der Waals surface area contributed by atoms with Crippen LogP contribution in [0.15, 0.2) is 18.5 Å². The minimum Gasteiger partial charge on any atom is -0.320 e. The van der Waals surface area contributed by atoms with Crippen LogP contribution >= 0.6 is 11.3 Å². The van der Waals surface area contributed by atoms with Crippen LogP contribution in [0.4, 0.5) is 14.9 Å². The summed E-state index contributed by atoms with van der Waals surface area (Å²) in [6, 6.07) is 0.910. The number of anilines is 1. The van der Waals surface area contributed by atoms with Crippen molar-refractivity contribution in [3.8, 4) is 0 Å². The van der Waals surface area contributed by atoms with E-state index in [4.69, 9.17) is 0 Å². The molecule has 0 spiro atoms. The van der Waals surface area contributed by atoms with E-state index in [1.165, 1.54) is 17.2 Å². The third kappa shape index (κ3) is 3.36. The van der Waals surface area contributed by atoms with Gasteiger partial charge in [-0.1, -0.05) is 0 Å². The summed E-state index contributed by atoms with van der Waals surface area (Å²) in [4.78, 5) is 22.8. The fraction of sp³-hybridized carbons (Fsp3) is 0.357. The van der Waals surface area contributed by atoms with E-state index in [0.717, 1.165) is 21.8 Å². The van der Waals surface area contributed by atoms with Gasteiger partial charge in [0.25, 0.3) is 0 Å². The van der Waals surface area contributed by atoms with Crippen LogP contribution in [0.5, 0.6) is 0 Å². The average Bonchev–Trinajstić information content (AvgIpc) is 2.78. The van der Waals surface area contributed by atoms with Gasteiger partial charge in [-0.25, -0.2) is 14.2 Å². The number of amides is 2. The number of aryl methyl sites for hydroxylation is 2. The second-order valence-corrected chi connectivity index (χ2v) is 5.99.